The Kier molecular flexibility index (Phi) is 3.58. The Morgan fingerprint density at radius 1 is 1.17 bits per heavy atom. The lowest BCUT2D eigenvalue weighted by atomic mass is 10.1. The second-order valence-corrected chi connectivity index (χ2v) is 4.31. The summed E-state index contributed by atoms with van der Waals surface area (Å²) in [6.07, 6.45) is 1.69. The highest BCUT2D eigenvalue weighted by Crippen LogP contribution is 2.25. The maximum Gasteiger partial charge on any atom is 0.224 e. The number of rotatable bonds is 3. The normalized spacial score (nSPS) is 10.4. The predicted molar refractivity (Wildman–Crippen MR) is 70.7 cm³/mol. The van der Waals surface area contributed by atoms with Crippen molar-refractivity contribution in [3.8, 4) is 11.6 Å². The Hall–Kier alpha value is -1.94. The molecule has 0 amide bonds. The molecule has 0 fully saturated rings. The Morgan fingerprint density at radius 2 is 1.94 bits per heavy atom. The molecule has 94 valence electrons. The smallest absolute Gasteiger partial charge is 0.224 e. The molecular weight excluding hydrogens is 226 g/mol. The van der Waals surface area contributed by atoms with Crippen molar-refractivity contribution in [2.45, 2.75) is 27.3 Å². The largest absolute Gasteiger partial charge is 0.437 e. The molecule has 2 N–H and O–H groups in total. The third-order valence-corrected chi connectivity index (χ3v) is 2.74. The second-order valence-electron chi connectivity index (χ2n) is 4.31. The van der Waals surface area contributed by atoms with Crippen molar-refractivity contribution in [1.82, 2.24) is 9.97 Å². The van der Waals surface area contributed by atoms with E-state index in [1.165, 1.54) is 0 Å². The van der Waals surface area contributed by atoms with Crippen molar-refractivity contribution in [2.24, 2.45) is 5.73 Å². The number of nitrogens with two attached hydrogens (primary N) is 1. The minimum absolute atomic E-state index is 0.410. The first-order chi connectivity index (χ1) is 8.60. The van der Waals surface area contributed by atoms with Crippen molar-refractivity contribution in [1.29, 1.82) is 0 Å². The van der Waals surface area contributed by atoms with Crippen molar-refractivity contribution in [2.75, 3.05) is 0 Å². The topological polar surface area (TPSA) is 61.0 Å². The number of hydrogen-bond acceptors (Lipinski definition) is 4. The van der Waals surface area contributed by atoms with E-state index in [2.05, 4.69) is 9.97 Å². The summed E-state index contributed by atoms with van der Waals surface area (Å²) >= 11 is 0. The molecule has 0 saturated carbocycles. The highest BCUT2D eigenvalue weighted by atomic mass is 16.5. The summed E-state index contributed by atoms with van der Waals surface area (Å²) in [4.78, 5) is 8.58. The van der Waals surface area contributed by atoms with Crippen LogP contribution in [0, 0.1) is 20.8 Å². The fourth-order valence-electron chi connectivity index (χ4n) is 1.79. The zero-order valence-corrected chi connectivity index (χ0v) is 10.9. The van der Waals surface area contributed by atoms with E-state index in [0.717, 1.165) is 22.5 Å². The van der Waals surface area contributed by atoms with Gasteiger partial charge in [-0.1, -0.05) is 0 Å². The average molecular weight is 243 g/mol. The van der Waals surface area contributed by atoms with Gasteiger partial charge >= 0.3 is 0 Å². The Balaban J connectivity index is 2.36. The average Bonchev–Trinajstić information content (AvgIpc) is 2.32. The van der Waals surface area contributed by atoms with E-state index in [1.807, 2.05) is 39.0 Å². The summed E-state index contributed by atoms with van der Waals surface area (Å²) in [7, 11) is 0. The number of ether oxygens (including phenoxy) is 1. The van der Waals surface area contributed by atoms with Crippen LogP contribution in [0.1, 0.15) is 22.5 Å². The van der Waals surface area contributed by atoms with Crippen LogP contribution in [0.15, 0.2) is 24.4 Å². The molecule has 0 spiro atoms. The van der Waals surface area contributed by atoms with Gasteiger partial charge < -0.3 is 10.5 Å². The molecule has 0 saturated heterocycles. The third kappa shape index (κ3) is 2.65. The van der Waals surface area contributed by atoms with Gasteiger partial charge in [0.2, 0.25) is 5.88 Å². The lowest BCUT2D eigenvalue weighted by molar-refractivity contribution is 0.452. The zero-order chi connectivity index (χ0) is 13.1. The lowest BCUT2D eigenvalue weighted by Gasteiger charge is -2.12. The van der Waals surface area contributed by atoms with Gasteiger partial charge in [0.1, 0.15) is 5.75 Å². The molecule has 4 nitrogen and oxygen atoms in total. The molecule has 18 heavy (non-hydrogen) atoms. The number of aryl methyl sites for hydroxylation is 3. The van der Waals surface area contributed by atoms with Gasteiger partial charge in [-0.2, -0.15) is 0 Å². The Labute approximate surface area is 107 Å². The summed E-state index contributed by atoms with van der Waals surface area (Å²) in [6, 6.07) is 5.78. The van der Waals surface area contributed by atoms with E-state index < -0.39 is 0 Å². The molecule has 0 aliphatic rings. The van der Waals surface area contributed by atoms with E-state index >= 15 is 0 Å². The lowest BCUT2D eigenvalue weighted by Crippen LogP contribution is -2.05. The highest BCUT2D eigenvalue weighted by molar-refractivity contribution is 5.38. The first-order valence-electron chi connectivity index (χ1n) is 5.88. The van der Waals surface area contributed by atoms with Crippen LogP contribution < -0.4 is 10.5 Å². The van der Waals surface area contributed by atoms with Crippen LogP contribution in [-0.4, -0.2) is 9.97 Å². The molecule has 0 aromatic carbocycles. The SMILES string of the molecule is Cc1ccc(Oc2nc(C)cc(C)c2CN)cn1. The van der Waals surface area contributed by atoms with Crippen LogP contribution in [0.5, 0.6) is 11.6 Å². The maximum atomic E-state index is 5.76. The first kappa shape index (κ1) is 12.5. The van der Waals surface area contributed by atoms with Crippen LogP contribution in [0.3, 0.4) is 0 Å². The van der Waals surface area contributed by atoms with Crippen LogP contribution in [-0.2, 0) is 6.54 Å². The van der Waals surface area contributed by atoms with Gasteiger partial charge in [-0.3, -0.25) is 4.98 Å². The van der Waals surface area contributed by atoms with Crippen LogP contribution >= 0.6 is 0 Å². The van der Waals surface area contributed by atoms with Gasteiger partial charge in [0.25, 0.3) is 0 Å². The molecule has 2 rings (SSSR count). The molecule has 2 aromatic heterocycles. The van der Waals surface area contributed by atoms with E-state index in [4.69, 9.17) is 10.5 Å². The summed E-state index contributed by atoms with van der Waals surface area (Å²) in [5.41, 5.74) is 9.64. The Morgan fingerprint density at radius 3 is 2.56 bits per heavy atom. The minimum Gasteiger partial charge on any atom is -0.437 e. The van der Waals surface area contributed by atoms with Crippen LogP contribution in [0.2, 0.25) is 0 Å². The molecule has 0 atom stereocenters. The van der Waals surface area contributed by atoms with Crippen molar-refractivity contribution in [3.63, 3.8) is 0 Å². The summed E-state index contributed by atoms with van der Waals surface area (Å²) < 4.78 is 5.76. The van der Waals surface area contributed by atoms with Gasteiger partial charge in [0, 0.05) is 23.5 Å². The third-order valence-electron chi connectivity index (χ3n) is 2.74. The molecule has 2 aromatic rings. The first-order valence-corrected chi connectivity index (χ1v) is 5.88. The van der Waals surface area contributed by atoms with Crippen LogP contribution in [0.4, 0.5) is 0 Å². The standard InChI is InChI=1S/C14H17N3O/c1-9-6-11(3)17-14(13(9)7-15)18-12-5-4-10(2)16-8-12/h4-6,8H,7,15H2,1-3H3. The van der Waals surface area contributed by atoms with Gasteiger partial charge in [-0.25, -0.2) is 4.98 Å². The molecule has 0 bridgehead atoms. The van der Waals surface area contributed by atoms with E-state index in [-0.39, 0.29) is 0 Å². The molecule has 2 heterocycles. The van der Waals surface area contributed by atoms with Gasteiger partial charge in [0.15, 0.2) is 0 Å². The number of hydrogen-bond donors (Lipinski definition) is 1. The Bertz CT molecular complexity index is 550. The van der Waals surface area contributed by atoms with Crippen molar-refractivity contribution >= 4 is 0 Å². The monoisotopic (exact) mass is 243 g/mol. The van der Waals surface area contributed by atoms with Crippen LogP contribution in [0.25, 0.3) is 0 Å². The summed E-state index contributed by atoms with van der Waals surface area (Å²) in [5, 5.41) is 0. The molecule has 0 unspecified atom stereocenters. The van der Waals surface area contributed by atoms with E-state index in [9.17, 15) is 0 Å². The van der Waals surface area contributed by atoms with E-state index in [1.54, 1.807) is 6.20 Å². The molecular formula is C14H17N3O. The number of nitrogens with zero attached hydrogens (tertiary/aromatic N) is 2. The van der Waals surface area contributed by atoms with Crippen molar-refractivity contribution < 1.29 is 4.74 Å². The van der Waals surface area contributed by atoms with Gasteiger partial charge in [-0.05, 0) is 44.5 Å². The van der Waals surface area contributed by atoms with E-state index in [0.29, 0.717) is 18.2 Å². The highest BCUT2D eigenvalue weighted by Gasteiger charge is 2.09. The fourth-order valence-corrected chi connectivity index (χ4v) is 1.79. The number of pyridine rings is 2. The van der Waals surface area contributed by atoms with Gasteiger partial charge in [-0.15, -0.1) is 0 Å². The molecule has 4 heteroatoms. The molecule has 0 radical (unpaired) electrons. The van der Waals surface area contributed by atoms with Gasteiger partial charge in [0.05, 0.1) is 6.20 Å². The molecule has 0 aliphatic heterocycles. The fraction of sp³-hybridized carbons (Fsp3) is 0.286. The summed E-state index contributed by atoms with van der Waals surface area (Å²) in [6.45, 7) is 6.29. The maximum absolute atomic E-state index is 5.76. The number of aromatic nitrogens is 2. The predicted octanol–water partition coefficient (Wildman–Crippen LogP) is 2.65. The quantitative estimate of drug-likeness (QED) is 0.900. The zero-order valence-electron chi connectivity index (χ0n) is 10.9. The van der Waals surface area contributed by atoms with Crippen molar-refractivity contribution in [3.05, 3.63) is 46.9 Å². The molecule has 0 aliphatic carbocycles. The summed E-state index contributed by atoms with van der Waals surface area (Å²) in [5.74, 6) is 1.24. The minimum atomic E-state index is 0.410. The second kappa shape index (κ2) is 5.14.